The summed E-state index contributed by atoms with van der Waals surface area (Å²) < 4.78 is 1.79. The monoisotopic (exact) mass is 250 g/mol. The van der Waals surface area contributed by atoms with E-state index in [1.165, 1.54) is 6.42 Å². The maximum Gasteiger partial charge on any atom is 0.230 e. The smallest absolute Gasteiger partial charge is 0.230 e. The van der Waals surface area contributed by atoms with Gasteiger partial charge in [-0.1, -0.05) is 19.3 Å². The molecule has 0 radical (unpaired) electrons. The number of hydrogen-bond acceptors (Lipinski definition) is 3. The van der Waals surface area contributed by atoms with E-state index in [-0.39, 0.29) is 17.9 Å². The van der Waals surface area contributed by atoms with Gasteiger partial charge in [0.05, 0.1) is 5.92 Å². The lowest BCUT2D eigenvalue weighted by Gasteiger charge is -2.19. The fourth-order valence-corrected chi connectivity index (χ4v) is 2.49. The van der Waals surface area contributed by atoms with Crippen LogP contribution in [0, 0.1) is 5.92 Å². The summed E-state index contributed by atoms with van der Waals surface area (Å²) in [5, 5.41) is 7.13. The normalized spacial score (nSPS) is 24.6. The Morgan fingerprint density at radius 3 is 3.00 bits per heavy atom. The van der Waals surface area contributed by atoms with E-state index in [1.54, 1.807) is 4.68 Å². The summed E-state index contributed by atoms with van der Waals surface area (Å²) in [6.07, 6.45) is 7.11. The molecule has 100 valence electrons. The van der Waals surface area contributed by atoms with Crippen LogP contribution in [0.2, 0.25) is 0 Å². The molecule has 0 bridgehead atoms. The number of carbonyl (C=O) groups excluding carboxylic acids is 1. The Bertz CT molecular complexity index is 401. The average Bonchev–Trinajstić information content (AvgIpc) is 2.69. The minimum atomic E-state index is -0.0701. The third kappa shape index (κ3) is 3.10. The van der Waals surface area contributed by atoms with Crippen molar-refractivity contribution in [3.05, 3.63) is 12.3 Å². The number of nitrogens with zero attached hydrogens (tertiary/aromatic N) is 2. The Morgan fingerprint density at radius 2 is 2.28 bits per heavy atom. The molecular weight excluding hydrogens is 228 g/mol. The zero-order valence-corrected chi connectivity index (χ0v) is 10.9. The van der Waals surface area contributed by atoms with Crippen molar-refractivity contribution in [3.8, 4) is 0 Å². The molecule has 2 unspecified atom stereocenters. The van der Waals surface area contributed by atoms with Gasteiger partial charge < -0.3 is 11.1 Å². The van der Waals surface area contributed by atoms with E-state index < -0.39 is 0 Å². The lowest BCUT2D eigenvalue weighted by atomic mass is 9.95. The molecule has 0 saturated heterocycles. The van der Waals surface area contributed by atoms with E-state index >= 15 is 0 Å². The van der Waals surface area contributed by atoms with Crippen molar-refractivity contribution in [2.24, 2.45) is 11.7 Å². The van der Waals surface area contributed by atoms with Gasteiger partial charge in [-0.15, -0.1) is 0 Å². The molecule has 0 spiro atoms. The molecule has 0 aromatic carbocycles. The predicted octanol–water partition coefficient (Wildman–Crippen LogP) is 1.75. The van der Waals surface area contributed by atoms with Gasteiger partial charge in [0, 0.05) is 24.8 Å². The summed E-state index contributed by atoms with van der Waals surface area (Å²) in [5.41, 5.74) is 6.08. The molecule has 1 fully saturated rings. The van der Waals surface area contributed by atoms with Crippen molar-refractivity contribution in [2.75, 3.05) is 5.32 Å². The predicted molar refractivity (Wildman–Crippen MR) is 71.1 cm³/mol. The zero-order chi connectivity index (χ0) is 13.0. The number of anilines is 1. The third-order valence-electron chi connectivity index (χ3n) is 3.62. The average molecular weight is 250 g/mol. The van der Waals surface area contributed by atoms with Crippen LogP contribution in [0.1, 0.15) is 39.0 Å². The number of nitrogens with two attached hydrogens (primary N) is 1. The number of rotatable bonds is 3. The molecule has 1 amide bonds. The van der Waals surface area contributed by atoms with E-state index in [0.29, 0.717) is 5.82 Å². The molecule has 5 nitrogen and oxygen atoms in total. The Hall–Kier alpha value is -1.36. The largest absolute Gasteiger partial charge is 0.327 e. The first-order valence-electron chi connectivity index (χ1n) is 6.80. The Labute approximate surface area is 108 Å². The van der Waals surface area contributed by atoms with E-state index in [0.717, 1.165) is 32.2 Å². The molecule has 5 heteroatoms. The molecule has 1 aliphatic carbocycles. The summed E-state index contributed by atoms with van der Waals surface area (Å²) in [5.74, 6) is 0.573. The summed E-state index contributed by atoms with van der Waals surface area (Å²) in [6.45, 7) is 2.82. The first-order valence-corrected chi connectivity index (χ1v) is 6.80. The van der Waals surface area contributed by atoms with Crippen LogP contribution >= 0.6 is 0 Å². The SMILES string of the molecule is CCn1ccc(NC(=O)C2CCCCCC2N)n1. The Morgan fingerprint density at radius 1 is 1.50 bits per heavy atom. The maximum absolute atomic E-state index is 12.2. The fraction of sp³-hybridized carbons (Fsp3) is 0.692. The standard InChI is InChI=1S/C13H22N4O/c1-2-17-9-8-12(16-17)15-13(18)10-6-4-3-5-7-11(10)14/h8-11H,2-7,14H2,1H3,(H,15,16,18). The molecule has 3 N–H and O–H groups in total. The number of hydrogen-bond donors (Lipinski definition) is 2. The zero-order valence-electron chi connectivity index (χ0n) is 10.9. The highest BCUT2D eigenvalue weighted by Gasteiger charge is 2.27. The first kappa shape index (κ1) is 13.1. The number of amides is 1. The highest BCUT2D eigenvalue weighted by atomic mass is 16.2. The Balaban J connectivity index is 1.97. The van der Waals surface area contributed by atoms with Crippen LogP contribution in [-0.2, 0) is 11.3 Å². The van der Waals surface area contributed by atoms with Gasteiger partial charge in [-0.3, -0.25) is 9.48 Å². The van der Waals surface area contributed by atoms with Crippen molar-refractivity contribution in [2.45, 2.75) is 51.6 Å². The summed E-state index contributed by atoms with van der Waals surface area (Å²) in [6, 6.07) is 1.81. The molecule has 18 heavy (non-hydrogen) atoms. The van der Waals surface area contributed by atoms with Crippen molar-refractivity contribution >= 4 is 11.7 Å². The minimum absolute atomic E-state index is 0.0132. The van der Waals surface area contributed by atoms with Crippen molar-refractivity contribution in [1.29, 1.82) is 0 Å². The van der Waals surface area contributed by atoms with Gasteiger partial charge in [-0.25, -0.2) is 0 Å². The van der Waals surface area contributed by atoms with Crippen LogP contribution in [0.3, 0.4) is 0 Å². The molecule has 0 aliphatic heterocycles. The second-order valence-corrected chi connectivity index (χ2v) is 4.95. The molecule has 1 aromatic rings. The number of nitrogens with one attached hydrogen (secondary N) is 1. The van der Waals surface area contributed by atoms with E-state index in [4.69, 9.17) is 5.73 Å². The van der Waals surface area contributed by atoms with E-state index in [1.807, 2.05) is 19.2 Å². The van der Waals surface area contributed by atoms with Crippen LogP contribution < -0.4 is 11.1 Å². The van der Waals surface area contributed by atoms with Gasteiger partial charge in [0.25, 0.3) is 0 Å². The molecular formula is C13H22N4O. The van der Waals surface area contributed by atoms with Crippen molar-refractivity contribution in [1.82, 2.24) is 9.78 Å². The first-order chi connectivity index (χ1) is 8.70. The quantitative estimate of drug-likeness (QED) is 0.803. The second kappa shape index (κ2) is 6.00. The van der Waals surface area contributed by atoms with Crippen molar-refractivity contribution < 1.29 is 4.79 Å². The van der Waals surface area contributed by atoms with Crippen LogP contribution in [0.4, 0.5) is 5.82 Å². The van der Waals surface area contributed by atoms with Crippen LogP contribution in [0.15, 0.2) is 12.3 Å². The summed E-state index contributed by atoms with van der Waals surface area (Å²) in [4.78, 5) is 12.2. The topological polar surface area (TPSA) is 72.9 Å². The number of aromatic nitrogens is 2. The van der Waals surface area contributed by atoms with E-state index in [9.17, 15) is 4.79 Å². The molecule has 1 aromatic heterocycles. The van der Waals surface area contributed by atoms with Gasteiger partial charge in [0.1, 0.15) is 0 Å². The minimum Gasteiger partial charge on any atom is -0.327 e. The second-order valence-electron chi connectivity index (χ2n) is 4.95. The third-order valence-corrected chi connectivity index (χ3v) is 3.62. The highest BCUT2D eigenvalue weighted by Crippen LogP contribution is 2.23. The molecule has 2 atom stereocenters. The van der Waals surface area contributed by atoms with Gasteiger partial charge in [0.15, 0.2) is 5.82 Å². The lowest BCUT2D eigenvalue weighted by molar-refractivity contribution is -0.120. The lowest BCUT2D eigenvalue weighted by Crippen LogP contribution is -2.37. The van der Waals surface area contributed by atoms with Gasteiger partial charge in [-0.2, -0.15) is 5.10 Å². The van der Waals surface area contributed by atoms with Gasteiger partial charge >= 0.3 is 0 Å². The molecule has 2 rings (SSSR count). The summed E-state index contributed by atoms with van der Waals surface area (Å²) in [7, 11) is 0. The molecule has 1 saturated carbocycles. The van der Waals surface area contributed by atoms with Crippen LogP contribution in [0.5, 0.6) is 0 Å². The summed E-state index contributed by atoms with van der Waals surface area (Å²) >= 11 is 0. The van der Waals surface area contributed by atoms with Gasteiger partial charge in [-0.05, 0) is 19.8 Å². The number of carbonyl (C=O) groups is 1. The Kier molecular flexibility index (Phi) is 4.36. The van der Waals surface area contributed by atoms with Crippen LogP contribution in [-0.4, -0.2) is 21.7 Å². The molecule has 1 heterocycles. The highest BCUT2D eigenvalue weighted by molar-refractivity contribution is 5.92. The number of aryl methyl sites for hydroxylation is 1. The molecule has 1 aliphatic rings. The van der Waals surface area contributed by atoms with Gasteiger partial charge in [0.2, 0.25) is 5.91 Å². The van der Waals surface area contributed by atoms with Crippen LogP contribution in [0.25, 0.3) is 0 Å². The fourth-order valence-electron chi connectivity index (χ4n) is 2.49. The maximum atomic E-state index is 12.2. The van der Waals surface area contributed by atoms with Crippen molar-refractivity contribution in [3.63, 3.8) is 0 Å². The van der Waals surface area contributed by atoms with E-state index in [2.05, 4.69) is 10.4 Å².